The Labute approximate surface area is 99.0 Å². The lowest BCUT2D eigenvalue weighted by Crippen LogP contribution is -2.21. The van der Waals surface area contributed by atoms with Crippen molar-refractivity contribution in [3.8, 4) is 0 Å². The van der Waals surface area contributed by atoms with Crippen LogP contribution in [0.5, 0.6) is 0 Å². The maximum atomic E-state index is 5.94. The molecule has 1 heteroatoms. The fourth-order valence-electron chi connectivity index (χ4n) is 3.01. The average Bonchev–Trinajstić information content (AvgIpc) is 2.53. The van der Waals surface area contributed by atoms with Crippen molar-refractivity contribution in [1.29, 1.82) is 0 Å². The molecule has 2 atom stereocenters. The second kappa shape index (κ2) is 5.49. The van der Waals surface area contributed by atoms with E-state index in [9.17, 15) is 0 Å². The predicted molar refractivity (Wildman–Crippen MR) is 69.5 cm³/mol. The molecule has 1 nitrogen and oxygen atoms in total. The summed E-state index contributed by atoms with van der Waals surface area (Å²) in [6, 6.07) is 8.99. The van der Waals surface area contributed by atoms with Crippen LogP contribution < -0.4 is 5.73 Å². The number of hydrogen-bond donors (Lipinski definition) is 1. The van der Waals surface area contributed by atoms with Gasteiger partial charge in [0.05, 0.1) is 0 Å². The van der Waals surface area contributed by atoms with Crippen molar-refractivity contribution in [3.05, 3.63) is 35.4 Å². The summed E-state index contributed by atoms with van der Waals surface area (Å²) in [6.07, 6.45) is 6.76. The second-order valence-electron chi connectivity index (χ2n) is 5.15. The van der Waals surface area contributed by atoms with Crippen molar-refractivity contribution in [3.63, 3.8) is 0 Å². The van der Waals surface area contributed by atoms with Gasteiger partial charge in [-0.05, 0) is 43.7 Å². The lowest BCUT2D eigenvalue weighted by molar-refractivity contribution is 0.408. The Balaban J connectivity index is 2.21. The normalized spacial score (nSPS) is 26.4. The van der Waals surface area contributed by atoms with Crippen LogP contribution in [0.25, 0.3) is 0 Å². The van der Waals surface area contributed by atoms with Gasteiger partial charge in [0.1, 0.15) is 0 Å². The molecule has 88 valence electrons. The number of benzene rings is 1. The molecule has 1 fully saturated rings. The van der Waals surface area contributed by atoms with Crippen LogP contribution in [0.15, 0.2) is 24.3 Å². The average molecular weight is 217 g/mol. The van der Waals surface area contributed by atoms with E-state index in [4.69, 9.17) is 5.73 Å². The van der Waals surface area contributed by atoms with E-state index in [1.54, 1.807) is 0 Å². The lowest BCUT2D eigenvalue weighted by Gasteiger charge is -2.24. The van der Waals surface area contributed by atoms with Crippen molar-refractivity contribution < 1.29 is 0 Å². The minimum Gasteiger partial charge on any atom is -0.330 e. The van der Waals surface area contributed by atoms with Crippen LogP contribution in [0.2, 0.25) is 0 Å². The number of aryl methyl sites for hydroxylation is 1. The molecule has 0 aromatic heterocycles. The molecule has 0 bridgehead atoms. The highest BCUT2D eigenvalue weighted by Gasteiger charge is 2.23. The van der Waals surface area contributed by atoms with Crippen molar-refractivity contribution in [2.45, 2.75) is 44.9 Å². The third kappa shape index (κ3) is 2.65. The van der Waals surface area contributed by atoms with Crippen LogP contribution in [0, 0.1) is 12.8 Å². The van der Waals surface area contributed by atoms with Crippen LogP contribution in [0.1, 0.15) is 49.1 Å². The van der Waals surface area contributed by atoms with Gasteiger partial charge in [0, 0.05) is 0 Å². The first-order chi connectivity index (χ1) is 7.81. The Hall–Kier alpha value is -0.820. The Morgan fingerprint density at radius 3 is 2.75 bits per heavy atom. The topological polar surface area (TPSA) is 26.0 Å². The quantitative estimate of drug-likeness (QED) is 0.752. The maximum Gasteiger partial charge on any atom is -0.00430 e. The summed E-state index contributed by atoms with van der Waals surface area (Å²) in [6.45, 7) is 3.02. The van der Waals surface area contributed by atoms with Crippen LogP contribution in [-0.2, 0) is 0 Å². The van der Waals surface area contributed by atoms with E-state index in [1.807, 2.05) is 0 Å². The van der Waals surface area contributed by atoms with Gasteiger partial charge < -0.3 is 5.73 Å². The summed E-state index contributed by atoms with van der Waals surface area (Å²) in [7, 11) is 0. The molecule has 0 radical (unpaired) electrons. The van der Waals surface area contributed by atoms with Crippen LogP contribution in [0.3, 0.4) is 0 Å². The Kier molecular flexibility index (Phi) is 4.00. The number of hydrogen-bond acceptors (Lipinski definition) is 1. The van der Waals surface area contributed by atoms with E-state index >= 15 is 0 Å². The summed E-state index contributed by atoms with van der Waals surface area (Å²) in [5.41, 5.74) is 8.82. The standard InChI is InChI=1S/C15H23N/c1-12-6-5-8-13(10-12)15-9-4-2-3-7-14(15)11-16/h5-6,8,10,14-15H,2-4,7,9,11,16H2,1H3. The maximum absolute atomic E-state index is 5.94. The second-order valence-corrected chi connectivity index (χ2v) is 5.15. The summed E-state index contributed by atoms with van der Waals surface area (Å²) >= 11 is 0. The van der Waals surface area contributed by atoms with E-state index in [-0.39, 0.29) is 0 Å². The van der Waals surface area contributed by atoms with Crippen LogP contribution in [0.4, 0.5) is 0 Å². The fraction of sp³-hybridized carbons (Fsp3) is 0.600. The number of rotatable bonds is 2. The first kappa shape index (κ1) is 11.7. The molecule has 1 aromatic rings. The molecule has 2 rings (SSSR count). The molecule has 0 aliphatic heterocycles. The third-order valence-corrected chi connectivity index (χ3v) is 3.93. The molecule has 1 aliphatic rings. The highest BCUT2D eigenvalue weighted by atomic mass is 14.6. The predicted octanol–water partition coefficient (Wildman–Crippen LogP) is 3.62. The van der Waals surface area contributed by atoms with Gasteiger partial charge >= 0.3 is 0 Å². The molecule has 2 unspecified atom stereocenters. The summed E-state index contributed by atoms with van der Waals surface area (Å²) < 4.78 is 0. The van der Waals surface area contributed by atoms with Gasteiger partial charge in [0.2, 0.25) is 0 Å². The molecular formula is C15H23N. The molecule has 2 N–H and O–H groups in total. The molecule has 0 saturated heterocycles. The first-order valence-electron chi connectivity index (χ1n) is 6.58. The molecule has 16 heavy (non-hydrogen) atoms. The molecule has 0 heterocycles. The molecule has 0 amide bonds. The Bertz CT molecular complexity index is 332. The zero-order valence-corrected chi connectivity index (χ0v) is 10.3. The van der Waals surface area contributed by atoms with Gasteiger partial charge in [-0.15, -0.1) is 0 Å². The van der Waals surface area contributed by atoms with E-state index in [0.717, 1.165) is 6.54 Å². The lowest BCUT2D eigenvalue weighted by atomic mass is 9.82. The van der Waals surface area contributed by atoms with Crippen molar-refractivity contribution in [2.24, 2.45) is 11.7 Å². The van der Waals surface area contributed by atoms with Gasteiger partial charge in [0.15, 0.2) is 0 Å². The summed E-state index contributed by atoms with van der Waals surface area (Å²) in [5.74, 6) is 1.40. The fourth-order valence-corrected chi connectivity index (χ4v) is 3.01. The first-order valence-corrected chi connectivity index (χ1v) is 6.58. The molecule has 0 spiro atoms. The summed E-state index contributed by atoms with van der Waals surface area (Å²) in [4.78, 5) is 0. The molecule has 1 aliphatic carbocycles. The third-order valence-electron chi connectivity index (χ3n) is 3.93. The highest BCUT2D eigenvalue weighted by molar-refractivity contribution is 5.26. The monoisotopic (exact) mass is 217 g/mol. The summed E-state index contributed by atoms with van der Waals surface area (Å²) in [5, 5.41) is 0. The van der Waals surface area contributed by atoms with E-state index < -0.39 is 0 Å². The SMILES string of the molecule is Cc1cccc(C2CCCCCC2CN)c1. The highest BCUT2D eigenvalue weighted by Crippen LogP contribution is 2.36. The molecule has 1 saturated carbocycles. The zero-order valence-electron chi connectivity index (χ0n) is 10.3. The van der Waals surface area contributed by atoms with Crippen molar-refractivity contribution >= 4 is 0 Å². The van der Waals surface area contributed by atoms with Gasteiger partial charge in [-0.25, -0.2) is 0 Å². The van der Waals surface area contributed by atoms with E-state index in [2.05, 4.69) is 31.2 Å². The van der Waals surface area contributed by atoms with Gasteiger partial charge in [-0.3, -0.25) is 0 Å². The molecular weight excluding hydrogens is 194 g/mol. The minimum absolute atomic E-state index is 0.698. The Morgan fingerprint density at radius 2 is 2.00 bits per heavy atom. The van der Waals surface area contributed by atoms with Gasteiger partial charge in [0.25, 0.3) is 0 Å². The van der Waals surface area contributed by atoms with E-state index in [1.165, 1.54) is 43.2 Å². The molecule has 1 aromatic carbocycles. The van der Waals surface area contributed by atoms with Crippen LogP contribution >= 0.6 is 0 Å². The number of nitrogens with two attached hydrogens (primary N) is 1. The van der Waals surface area contributed by atoms with Gasteiger partial charge in [-0.2, -0.15) is 0 Å². The minimum atomic E-state index is 0.698. The van der Waals surface area contributed by atoms with Crippen molar-refractivity contribution in [1.82, 2.24) is 0 Å². The largest absolute Gasteiger partial charge is 0.330 e. The Morgan fingerprint density at radius 1 is 1.19 bits per heavy atom. The smallest absolute Gasteiger partial charge is 0.00430 e. The van der Waals surface area contributed by atoms with Crippen molar-refractivity contribution in [2.75, 3.05) is 6.54 Å². The zero-order chi connectivity index (χ0) is 11.4. The van der Waals surface area contributed by atoms with Crippen LogP contribution in [-0.4, -0.2) is 6.54 Å². The van der Waals surface area contributed by atoms with E-state index in [0.29, 0.717) is 11.8 Å². The van der Waals surface area contributed by atoms with Gasteiger partial charge in [-0.1, -0.05) is 49.1 Å².